The largest absolute Gasteiger partial charge is 0.311 e. The van der Waals surface area contributed by atoms with Crippen LogP contribution in [0.1, 0.15) is 6.42 Å². The van der Waals surface area contributed by atoms with Gasteiger partial charge in [-0.3, -0.25) is 4.90 Å². The Labute approximate surface area is 61.9 Å². The summed E-state index contributed by atoms with van der Waals surface area (Å²) in [6, 6.07) is 1.59. The first kappa shape index (κ1) is 6.38. The van der Waals surface area contributed by atoms with Crippen molar-refractivity contribution in [2.24, 2.45) is 0 Å². The summed E-state index contributed by atoms with van der Waals surface area (Å²) in [5, 5.41) is 3.47. The Morgan fingerprint density at radius 3 is 3.10 bits per heavy atom. The third-order valence-electron chi connectivity index (χ3n) is 2.53. The van der Waals surface area contributed by atoms with Gasteiger partial charge in [0, 0.05) is 31.7 Å². The van der Waals surface area contributed by atoms with E-state index in [1.165, 1.54) is 19.5 Å². The second-order valence-corrected chi connectivity index (χ2v) is 3.24. The Morgan fingerprint density at radius 2 is 2.60 bits per heavy atom. The molecule has 0 aromatic heterocycles. The molecule has 56 valence electrons. The lowest BCUT2D eigenvalue weighted by Crippen LogP contribution is -2.43. The van der Waals surface area contributed by atoms with Gasteiger partial charge in [-0.15, -0.1) is 6.58 Å². The van der Waals surface area contributed by atoms with E-state index in [1.807, 2.05) is 6.08 Å². The molecular formula is C8H14N2. The summed E-state index contributed by atoms with van der Waals surface area (Å²) in [4.78, 5) is 2.51. The number of nitrogens with one attached hydrogen (secondary N) is 1. The molecule has 2 heterocycles. The Kier molecular flexibility index (Phi) is 1.51. The van der Waals surface area contributed by atoms with Gasteiger partial charge in [0.05, 0.1) is 0 Å². The molecule has 10 heavy (non-hydrogen) atoms. The van der Waals surface area contributed by atoms with E-state index in [4.69, 9.17) is 0 Å². The molecular weight excluding hydrogens is 124 g/mol. The van der Waals surface area contributed by atoms with Gasteiger partial charge >= 0.3 is 0 Å². The molecule has 0 radical (unpaired) electrons. The fourth-order valence-corrected chi connectivity index (χ4v) is 2.04. The van der Waals surface area contributed by atoms with Crippen LogP contribution in [0, 0.1) is 0 Å². The summed E-state index contributed by atoms with van der Waals surface area (Å²) < 4.78 is 0. The minimum Gasteiger partial charge on any atom is -0.311 e. The summed E-state index contributed by atoms with van der Waals surface area (Å²) in [7, 11) is 0. The summed E-state index contributed by atoms with van der Waals surface area (Å²) in [5.74, 6) is 0. The molecule has 2 aliphatic rings. The molecule has 1 N–H and O–H groups in total. The van der Waals surface area contributed by atoms with Crippen molar-refractivity contribution in [1.29, 1.82) is 0 Å². The molecule has 0 aromatic rings. The van der Waals surface area contributed by atoms with Crippen molar-refractivity contribution in [3.8, 4) is 0 Å². The molecule has 2 rings (SSSR count). The van der Waals surface area contributed by atoms with Crippen molar-refractivity contribution < 1.29 is 0 Å². The van der Waals surface area contributed by atoms with Crippen molar-refractivity contribution in [2.45, 2.75) is 18.5 Å². The Hall–Kier alpha value is -0.340. The van der Waals surface area contributed by atoms with Crippen LogP contribution in [-0.4, -0.2) is 36.6 Å². The van der Waals surface area contributed by atoms with E-state index in [-0.39, 0.29) is 0 Å². The fraction of sp³-hybridized carbons (Fsp3) is 0.750. The molecule has 2 fully saturated rings. The van der Waals surface area contributed by atoms with Gasteiger partial charge in [-0.05, 0) is 6.42 Å². The van der Waals surface area contributed by atoms with Crippen LogP contribution in [0.25, 0.3) is 0 Å². The van der Waals surface area contributed by atoms with Crippen molar-refractivity contribution >= 4 is 0 Å². The number of hydrogen-bond acceptors (Lipinski definition) is 2. The summed E-state index contributed by atoms with van der Waals surface area (Å²) in [6.45, 7) is 7.24. The second kappa shape index (κ2) is 2.36. The van der Waals surface area contributed by atoms with E-state index >= 15 is 0 Å². The summed E-state index contributed by atoms with van der Waals surface area (Å²) in [5.41, 5.74) is 0. The van der Waals surface area contributed by atoms with Gasteiger partial charge in [0.1, 0.15) is 0 Å². The van der Waals surface area contributed by atoms with E-state index in [9.17, 15) is 0 Å². The van der Waals surface area contributed by atoms with Gasteiger partial charge in [-0.2, -0.15) is 0 Å². The zero-order valence-corrected chi connectivity index (χ0v) is 6.21. The molecule has 0 amide bonds. The first-order valence-electron chi connectivity index (χ1n) is 3.98. The molecule has 2 aliphatic heterocycles. The number of rotatable bonds is 2. The molecule has 0 spiro atoms. The number of piperazine rings is 1. The van der Waals surface area contributed by atoms with E-state index < -0.39 is 0 Å². The predicted octanol–water partition coefficient (Wildman–Crippen LogP) is 0.218. The van der Waals surface area contributed by atoms with Gasteiger partial charge in [-0.25, -0.2) is 0 Å². The maximum Gasteiger partial charge on any atom is 0.0239 e. The highest BCUT2D eigenvalue weighted by molar-refractivity contribution is 4.98. The second-order valence-electron chi connectivity index (χ2n) is 3.24. The first-order valence-corrected chi connectivity index (χ1v) is 3.98. The smallest absolute Gasteiger partial charge is 0.0239 e. The number of hydrogen-bond donors (Lipinski definition) is 1. The van der Waals surface area contributed by atoms with Crippen LogP contribution in [0.2, 0.25) is 0 Å². The van der Waals surface area contributed by atoms with Gasteiger partial charge < -0.3 is 5.32 Å². The van der Waals surface area contributed by atoms with Crippen LogP contribution < -0.4 is 5.32 Å². The lowest BCUT2D eigenvalue weighted by atomic mass is 10.2. The monoisotopic (exact) mass is 138 g/mol. The Bertz CT molecular complexity index is 144. The first-order chi connectivity index (χ1) is 4.90. The van der Waals surface area contributed by atoms with Gasteiger partial charge in [0.15, 0.2) is 0 Å². The molecule has 0 aliphatic carbocycles. The Balaban J connectivity index is 1.95. The van der Waals surface area contributed by atoms with E-state index in [2.05, 4.69) is 16.8 Å². The van der Waals surface area contributed by atoms with Crippen LogP contribution in [0.5, 0.6) is 0 Å². The maximum atomic E-state index is 3.75. The molecule has 2 heteroatoms. The topological polar surface area (TPSA) is 15.3 Å². The van der Waals surface area contributed by atoms with Crippen molar-refractivity contribution in [3.05, 3.63) is 12.7 Å². The molecule has 2 saturated heterocycles. The van der Waals surface area contributed by atoms with E-state index in [1.54, 1.807) is 0 Å². The van der Waals surface area contributed by atoms with Crippen LogP contribution in [0.15, 0.2) is 12.7 Å². The highest BCUT2D eigenvalue weighted by atomic mass is 15.3. The standard InChI is InChI=1S/C8H14N2/c1-2-3-10-6-7-4-8(10)5-9-7/h2,7-9H,1,3-6H2/t7?,8-/m1/s1. The number of fused-ring (bicyclic) bond motifs is 2. The summed E-state index contributed by atoms with van der Waals surface area (Å²) in [6.07, 6.45) is 3.36. The van der Waals surface area contributed by atoms with Crippen molar-refractivity contribution in [2.75, 3.05) is 19.6 Å². The normalized spacial score (nSPS) is 38.8. The van der Waals surface area contributed by atoms with E-state index in [0.717, 1.165) is 18.6 Å². The zero-order valence-electron chi connectivity index (χ0n) is 6.21. The highest BCUT2D eigenvalue weighted by Crippen LogP contribution is 2.22. The lowest BCUT2D eigenvalue weighted by molar-refractivity contribution is 0.249. The molecule has 2 atom stereocenters. The van der Waals surface area contributed by atoms with Crippen LogP contribution in [0.3, 0.4) is 0 Å². The molecule has 0 aromatic carbocycles. The number of nitrogens with zero attached hydrogens (tertiary/aromatic N) is 1. The zero-order chi connectivity index (χ0) is 6.97. The fourth-order valence-electron chi connectivity index (χ4n) is 2.04. The minimum atomic E-state index is 0.782. The lowest BCUT2D eigenvalue weighted by Gasteiger charge is -2.25. The average molecular weight is 138 g/mol. The molecule has 2 bridgehead atoms. The predicted molar refractivity (Wildman–Crippen MR) is 42.0 cm³/mol. The Morgan fingerprint density at radius 1 is 1.70 bits per heavy atom. The summed E-state index contributed by atoms with van der Waals surface area (Å²) >= 11 is 0. The molecule has 0 saturated carbocycles. The minimum absolute atomic E-state index is 0.782. The van der Waals surface area contributed by atoms with Gasteiger partial charge in [0.2, 0.25) is 0 Å². The quantitative estimate of drug-likeness (QED) is 0.549. The van der Waals surface area contributed by atoms with Crippen LogP contribution in [0.4, 0.5) is 0 Å². The van der Waals surface area contributed by atoms with Crippen LogP contribution >= 0.6 is 0 Å². The SMILES string of the molecule is C=CCN1CC2C[C@@H]1CN2. The van der Waals surface area contributed by atoms with E-state index in [0.29, 0.717) is 0 Å². The average Bonchev–Trinajstić information content (AvgIpc) is 2.48. The highest BCUT2D eigenvalue weighted by Gasteiger charge is 2.36. The molecule has 2 nitrogen and oxygen atoms in total. The molecule has 1 unspecified atom stereocenters. The van der Waals surface area contributed by atoms with Gasteiger partial charge in [0.25, 0.3) is 0 Å². The third-order valence-corrected chi connectivity index (χ3v) is 2.53. The third kappa shape index (κ3) is 0.879. The number of likely N-dealkylation sites (tertiary alicyclic amines) is 1. The van der Waals surface area contributed by atoms with Crippen molar-refractivity contribution in [1.82, 2.24) is 10.2 Å². The van der Waals surface area contributed by atoms with Crippen LogP contribution in [-0.2, 0) is 0 Å². The van der Waals surface area contributed by atoms with Crippen molar-refractivity contribution in [3.63, 3.8) is 0 Å². The maximum absolute atomic E-state index is 3.75. The van der Waals surface area contributed by atoms with Gasteiger partial charge in [-0.1, -0.05) is 6.08 Å².